The molecule has 5 nitrogen and oxygen atoms in total. The van der Waals surface area contributed by atoms with E-state index in [4.69, 9.17) is 9.47 Å². The van der Waals surface area contributed by atoms with Crippen LogP contribution < -0.4 is 15.0 Å². The number of nitrogens with zero attached hydrogens (tertiary/aromatic N) is 1. The Kier molecular flexibility index (Phi) is 7.06. The molecule has 0 aliphatic rings. The molecule has 0 fully saturated rings. The molecule has 0 unspecified atom stereocenters. The standard InChI is InChI=1S/C17H22N2O3S/c1-21-10-9-18-12-17(20)19(13-16-4-3-11-23-16)14-5-7-15(22-2)8-6-14/h3-8,11,18H,9-10,12-13H2,1-2H3. The van der Waals surface area contributed by atoms with Gasteiger partial charge in [0.25, 0.3) is 0 Å². The van der Waals surface area contributed by atoms with Crippen LogP contribution in [-0.4, -0.2) is 39.8 Å². The molecule has 0 saturated carbocycles. The Labute approximate surface area is 140 Å². The van der Waals surface area contributed by atoms with Crippen LogP contribution >= 0.6 is 11.3 Å². The molecule has 1 aromatic heterocycles. The lowest BCUT2D eigenvalue weighted by Gasteiger charge is -2.23. The van der Waals surface area contributed by atoms with Gasteiger partial charge in [-0.2, -0.15) is 0 Å². The Morgan fingerprint density at radius 3 is 2.61 bits per heavy atom. The van der Waals surface area contributed by atoms with E-state index in [-0.39, 0.29) is 12.5 Å². The van der Waals surface area contributed by atoms with E-state index in [1.807, 2.05) is 41.8 Å². The smallest absolute Gasteiger partial charge is 0.241 e. The molecule has 2 rings (SSSR count). The van der Waals surface area contributed by atoms with Crippen molar-refractivity contribution in [2.24, 2.45) is 0 Å². The molecule has 0 aliphatic carbocycles. The van der Waals surface area contributed by atoms with E-state index in [1.54, 1.807) is 30.5 Å². The van der Waals surface area contributed by atoms with E-state index in [0.29, 0.717) is 19.7 Å². The van der Waals surface area contributed by atoms with Crippen LogP contribution in [0.25, 0.3) is 0 Å². The van der Waals surface area contributed by atoms with Crippen molar-refractivity contribution in [3.05, 3.63) is 46.7 Å². The predicted octanol–water partition coefficient (Wildman–Crippen LogP) is 2.53. The van der Waals surface area contributed by atoms with Gasteiger partial charge >= 0.3 is 0 Å². The average Bonchev–Trinajstić information content (AvgIpc) is 3.10. The fourth-order valence-electron chi connectivity index (χ4n) is 2.11. The molecular weight excluding hydrogens is 312 g/mol. The van der Waals surface area contributed by atoms with Crippen LogP contribution in [0.5, 0.6) is 5.75 Å². The van der Waals surface area contributed by atoms with Crippen molar-refractivity contribution in [2.45, 2.75) is 6.54 Å². The van der Waals surface area contributed by atoms with Gasteiger partial charge in [-0.25, -0.2) is 0 Å². The van der Waals surface area contributed by atoms with E-state index in [0.717, 1.165) is 16.3 Å². The van der Waals surface area contributed by atoms with Crippen molar-refractivity contribution in [1.29, 1.82) is 0 Å². The highest BCUT2D eigenvalue weighted by Gasteiger charge is 2.16. The normalized spacial score (nSPS) is 10.5. The fourth-order valence-corrected chi connectivity index (χ4v) is 2.80. The van der Waals surface area contributed by atoms with E-state index in [9.17, 15) is 4.79 Å². The zero-order valence-electron chi connectivity index (χ0n) is 13.5. The molecule has 0 saturated heterocycles. The Bertz CT molecular complexity index is 584. The van der Waals surface area contributed by atoms with Gasteiger partial charge in [-0.05, 0) is 35.7 Å². The molecule has 0 atom stereocenters. The first-order valence-corrected chi connectivity index (χ1v) is 8.29. The zero-order chi connectivity index (χ0) is 16.5. The van der Waals surface area contributed by atoms with Crippen LogP contribution in [-0.2, 0) is 16.1 Å². The average molecular weight is 334 g/mol. The van der Waals surface area contributed by atoms with Crippen molar-refractivity contribution in [3.63, 3.8) is 0 Å². The topological polar surface area (TPSA) is 50.8 Å². The first-order valence-electron chi connectivity index (χ1n) is 7.41. The Hall–Kier alpha value is -1.89. The number of hydrogen-bond acceptors (Lipinski definition) is 5. The summed E-state index contributed by atoms with van der Waals surface area (Å²) < 4.78 is 10.2. The highest BCUT2D eigenvalue weighted by molar-refractivity contribution is 7.09. The van der Waals surface area contributed by atoms with Gasteiger partial charge in [0.15, 0.2) is 0 Å². The third-order valence-electron chi connectivity index (χ3n) is 3.34. The molecule has 0 bridgehead atoms. The minimum atomic E-state index is 0.0275. The van der Waals surface area contributed by atoms with Gasteiger partial charge in [0.1, 0.15) is 5.75 Å². The lowest BCUT2D eigenvalue weighted by atomic mass is 10.2. The number of ether oxygens (including phenoxy) is 2. The number of carbonyl (C=O) groups excluding carboxylic acids is 1. The lowest BCUT2D eigenvalue weighted by molar-refractivity contribution is -0.117. The van der Waals surface area contributed by atoms with Gasteiger partial charge in [0, 0.05) is 24.2 Å². The molecule has 1 heterocycles. The summed E-state index contributed by atoms with van der Waals surface area (Å²) in [7, 11) is 3.27. The van der Waals surface area contributed by atoms with Crippen molar-refractivity contribution in [2.75, 3.05) is 38.8 Å². The molecule has 0 radical (unpaired) electrons. The minimum absolute atomic E-state index is 0.0275. The summed E-state index contributed by atoms with van der Waals surface area (Å²) in [4.78, 5) is 15.5. The molecule has 0 spiro atoms. The molecule has 1 aromatic carbocycles. The maximum absolute atomic E-state index is 12.6. The number of benzene rings is 1. The van der Waals surface area contributed by atoms with E-state index >= 15 is 0 Å². The second-order valence-corrected chi connectivity index (χ2v) is 5.96. The second-order valence-electron chi connectivity index (χ2n) is 4.93. The number of amides is 1. The van der Waals surface area contributed by atoms with Crippen molar-refractivity contribution < 1.29 is 14.3 Å². The first kappa shape index (κ1) is 17.5. The van der Waals surface area contributed by atoms with E-state index in [1.165, 1.54) is 0 Å². The van der Waals surface area contributed by atoms with Crippen LogP contribution in [0, 0.1) is 0 Å². The second kappa shape index (κ2) is 9.29. The van der Waals surface area contributed by atoms with Gasteiger partial charge in [0.05, 0.1) is 26.8 Å². The minimum Gasteiger partial charge on any atom is -0.497 e. The number of carbonyl (C=O) groups is 1. The van der Waals surface area contributed by atoms with Crippen LogP contribution in [0.2, 0.25) is 0 Å². The summed E-state index contributed by atoms with van der Waals surface area (Å²) in [5.41, 5.74) is 0.859. The van der Waals surface area contributed by atoms with Gasteiger partial charge < -0.3 is 19.7 Å². The summed E-state index contributed by atoms with van der Waals surface area (Å²) in [6.45, 7) is 2.08. The van der Waals surface area contributed by atoms with E-state index < -0.39 is 0 Å². The number of thiophene rings is 1. The van der Waals surface area contributed by atoms with Crippen LogP contribution in [0.15, 0.2) is 41.8 Å². The number of rotatable bonds is 9. The van der Waals surface area contributed by atoms with Crippen LogP contribution in [0.4, 0.5) is 5.69 Å². The summed E-state index contributed by atoms with van der Waals surface area (Å²) >= 11 is 1.64. The summed E-state index contributed by atoms with van der Waals surface area (Å²) in [6.07, 6.45) is 0. The third-order valence-corrected chi connectivity index (χ3v) is 4.20. The quantitative estimate of drug-likeness (QED) is 0.716. The van der Waals surface area contributed by atoms with Crippen molar-refractivity contribution in [1.82, 2.24) is 5.32 Å². The molecule has 1 N–H and O–H groups in total. The Morgan fingerprint density at radius 2 is 2.00 bits per heavy atom. The maximum Gasteiger partial charge on any atom is 0.241 e. The number of anilines is 1. The molecule has 6 heteroatoms. The number of hydrogen-bond donors (Lipinski definition) is 1. The first-order chi connectivity index (χ1) is 11.2. The number of nitrogens with one attached hydrogen (secondary N) is 1. The Balaban J connectivity index is 2.08. The molecule has 0 aliphatic heterocycles. The Morgan fingerprint density at radius 1 is 1.22 bits per heavy atom. The highest BCUT2D eigenvalue weighted by Crippen LogP contribution is 2.22. The van der Waals surface area contributed by atoms with Gasteiger partial charge in [0.2, 0.25) is 5.91 Å². The molecule has 2 aromatic rings. The molecule has 1 amide bonds. The fraction of sp³-hybridized carbons (Fsp3) is 0.353. The monoisotopic (exact) mass is 334 g/mol. The summed E-state index contributed by atoms with van der Waals surface area (Å²) in [5.74, 6) is 0.801. The molecule has 23 heavy (non-hydrogen) atoms. The van der Waals surface area contributed by atoms with Gasteiger partial charge in [-0.15, -0.1) is 11.3 Å². The van der Waals surface area contributed by atoms with Crippen molar-refractivity contribution >= 4 is 22.9 Å². The van der Waals surface area contributed by atoms with Gasteiger partial charge in [-0.3, -0.25) is 4.79 Å². The van der Waals surface area contributed by atoms with Crippen LogP contribution in [0.3, 0.4) is 0 Å². The highest BCUT2D eigenvalue weighted by atomic mass is 32.1. The van der Waals surface area contributed by atoms with Crippen molar-refractivity contribution in [3.8, 4) is 5.75 Å². The summed E-state index contributed by atoms with van der Waals surface area (Å²) in [6, 6.07) is 11.6. The predicted molar refractivity (Wildman–Crippen MR) is 93.2 cm³/mol. The molecular formula is C17H22N2O3S. The third kappa shape index (κ3) is 5.35. The van der Waals surface area contributed by atoms with E-state index in [2.05, 4.69) is 5.32 Å². The lowest BCUT2D eigenvalue weighted by Crippen LogP contribution is -2.38. The largest absolute Gasteiger partial charge is 0.497 e. The zero-order valence-corrected chi connectivity index (χ0v) is 14.3. The number of methoxy groups -OCH3 is 2. The SMILES string of the molecule is COCCNCC(=O)N(Cc1cccs1)c1ccc(OC)cc1. The van der Waals surface area contributed by atoms with Crippen LogP contribution in [0.1, 0.15) is 4.88 Å². The molecule has 124 valence electrons. The maximum atomic E-state index is 12.6. The van der Waals surface area contributed by atoms with Gasteiger partial charge in [-0.1, -0.05) is 6.07 Å². The summed E-state index contributed by atoms with van der Waals surface area (Å²) in [5, 5.41) is 5.12.